The van der Waals surface area contributed by atoms with Crippen LogP contribution < -0.4 is 5.32 Å². The molecule has 0 bridgehead atoms. The van der Waals surface area contributed by atoms with E-state index in [0.717, 1.165) is 15.2 Å². The van der Waals surface area contributed by atoms with Gasteiger partial charge in [-0.15, -0.1) is 11.3 Å². The van der Waals surface area contributed by atoms with Crippen LogP contribution in [-0.2, 0) is 4.79 Å². The first-order chi connectivity index (χ1) is 10.9. The van der Waals surface area contributed by atoms with Gasteiger partial charge in [0, 0.05) is 5.92 Å². The average molecular weight is 340 g/mol. The molecular formula is C16H15F3N2OS. The Morgan fingerprint density at radius 2 is 2.00 bits per heavy atom. The zero-order valence-electron chi connectivity index (χ0n) is 12.1. The Morgan fingerprint density at radius 3 is 2.74 bits per heavy atom. The molecule has 23 heavy (non-hydrogen) atoms. The van der Waals surface area contributed by atoms with Gasteiger partial charge in [0.05, 0.1) is 21.1 Å². The summed E-state index contributed by atoms with van der Waals surface area (Å²) < 4.78 is 37.9. The molecule has 0 aliphatic heterocycles. The van der Waals surface area contributed by atoms with Crippen LogP contribution in [0.2, 0.25) is 0 Å². The van der Waals surface area contributed by atoms with E-state index in [1.807, 2.05) is 41.7 Å². The number of aromatic nitrogens is 1. The molecule has 0 saturated carbocycles. The number of fused-ring (bicyclic) bond motifs is 1. The van der Waals surface area contributed by atoms with E-state index in [1.165, 1.54) is 11.3 Å². The molecule has 1 aliphatic rings. The highest BCUT2D eigenvalue weighted by Crippen LogP contribution is 2.38. The summed E-state index contributed by atoms with van der Waals surface area (Å²) in [6.45, 7) is -1.29. The standard InChI is InChI=1S/C16H15F3N2OS/c17-16(18,19)9-20-14(22)10-5-1-2-6-11(10)15-21-12-7-3-4-8-13(12)23-15/h1-4,7-8,10-11H,5-6,9H2,(H,20,22). The maximum absolute atomic E-state index is 12.3. The molecule has 2 aromatic rings. The summed E-state index contributed by atoms with van der Waals surface area (Å²) >= 11 is 1.50. The lowest BCUT2D eigenvalue weighted by Gasteiger charge is -2.26. The van der Waals surface area contributed by atoms with Gasteiger partial charge in [-0.05, 0) is 25.0 Å². The Hall–Kier alpha value is -1.89. The SMILES string of the molecule is O=C(NCC(F)(F)F)C1CC=CCC1c1nc2ccccc2s1. The van der Waals surface area contributed by atoms with Gasteiger partial charge >= 0.3 is 6.18 Å². The molecule has 7 heteroatoms. The first kappa shape index (κ1) is 16.0. The van der Waals surface area contributed by atoms with E-state index in [0.29, 0.717) is 12.8 Å². The van der Waals surface area contributed by atoms with E-state index >= 15 is 0 Å². The summed E-state index contributed by atoms with van der Waals surface area (Å²) in [4.78, 5) is 16.7. The molecule has 122 valence electrons. The van der Waals surface area contributed by atoms with E-state index in [9.17, 15) is 18.0 Å². The van der Waals surface area contributed by atoms with Gasteiger partial charge in [-0.3, -0.25) is 4.79 Å². The lowest BCUT2D eigenvalue weighted by atomic mass is 9.82. The predicted molar refractivity (Wildman–Crippen MR) is 83.3 cm³/mol. The van der Waals surface area contributed by atoms with Gasteiger partial charge in [-0.1, -0.05) is 24.3 Å². The predicted octanol–water partition coefficient (Wildman–Crippen LogP) is 4.02. The number of nitrogens with zero attached hydrogens (tertiary/aromatic N) is 1. The molecule has 1 aromatic carbocycles. The van der Waals surface area contributed by atoms with Crippen LogP contribution in [-0.4, -0.2) is 23.6 Å². The fourth-order valence-corrected chi connectivity index (χ4v) is 3.89. The van der Waals surface area contributed by atoms with Gasteiger partial charge in [0.1, 0.15) is 6.54 Å². The fraction of sp³-hybridized carbons (Fsp3) is 0.375. The number of allylic oxidation sites excluding steroid dienone is 2. The molecule has 1 N–H and O–H groups in total. The van der Waals surface area contributed by atoms with E-state index in [2.05, 4.69) is 4.98 Å². The van der Waals surface area contributed by atoms with Crippen LogP contribution in [0.3, 0.4) is 0 Å². The highest BCUT2D eigenvalue weighted by atomic mass is 32.1. The van der Waals surface area contributed by atoms with Crippen molar-refractivity contribution in [1.29, 1.82) is 0 Å². The van der Waals surface area contributed by atoms with Crippen molar-refractivity contribution in [1.82, 2.24) is 10.3 Å². The van der Waals surface area contributed by atoms with E-state index < -0.39 is 24.5 Å². The van der Waals surface area contributed by atoms with Crippen molar-refractivity contribution in [2.45, 2.75) is 24.9 Å². The molecule has 1 aliphatic carbocycles. The highest BCUT2D eigenvalue weighted by Gasteiger charge is 2.35. The van der Waals surface area contributed by atoms with E-state index in [-0.39, 0.29) is 5.92 Å². The normalized spacial score (nSPS) is 21.5. The molecule has 2 atom stereocenters. The van der Waals surface area contributed by atoms with E-state index in [1.54, 1.807) is 0 Å². The number of carbonyl (C=O) groups is 1. The van der Waals surface area contributed by atoms with Crippen molar-refractivity contribution in [2.75, 3.05) is 6.54 Å². The van der Waals surface area contributed by atoms with Gasteiger partial charge in [-0.2, -0.15) is 13.2 Å². The van der Waals surface area contributed by atoms with Gasteiger partial charge in [-0.25, -0.2) is 4.98 Å². The van der Waals surface area contributed by atoms with Crippen LogP contribution in [0.1, 0.15) is 23.8 Å². The Balaban J connectivity index is 1.81. The fourth-order valence-electron chi connectivity index (χ4n) is 2.74. The summed E-state index contributed by atoms with van der Waals surface area (Å²) in [6.07, 6.45) is 0.464. The van der Waals surface area contributed by atoms with Crippen molar-refractivity contribution in [2.24, 2.45) is 5.92 Å². The Kier molecular flexibility index (Phi) is 4.39. The average Bonchev–Trinajstić information content (AvgIpc) is 2.96. The second kappa shape index (κ2) is 6.31. The Bertz CT molecular complexity index is 705. The summed E-state index contributed by atoms with van der Waals surface area (Å²) in [5, 5.41) is 2.81. The van der Waals surface area contributed by atoms with Gasteiger partial charge in [0.25, 0.3) is 0 Å². The van der Waals surface area contributed by atoms with Crippen molar-refractivity contribution in [3.05, 3.63) is 41.4 Å². The molecule has 2 unspecified atom stereocenters. The summed E-state index contributed by atoms with van der Waals surface area (Å²) in [5.74, 6) is -1.25. The number of amides is 1. The largest absolute Gasteiger partial charge is 0.405 e. The minimum Gasteiger partial charge on any atom is -0.347 e. The topological polar surface area (TPSA) is 42.0 Å². The molecule has 3 rings (SSSR count). The number of para-hydroxylation sites is 1. The first-order valence-electron chi connectivity index (χ1n) is 7.29. The number of hydrogen-bond donors (Lipinski definition) is 1. The minimum atomic E-state index is -4.40. The maximum atomic E-state index is 12.3. The lowest BCUT2D eigenvalue weighted by Crippen LogP contribution is -2.40. The number of alkyl halides is 3. The molecule has 3 nitrogen and oxygen atoms in total. The maximum Gasteiger partial charge on any atom is 0.405 e. The van der Waals surface area contributed by atoms with E-state index in [4.69, 9.17) is 0 Å². The summed E-state index contributed by atoms with van der Waals surface area (Å²) in [6, 6.07) is 7.65. The molecular weight excluding hydrogens is 325 g/mol. The molecule has 0 radical (unpaired) electrons. The number of halogens is 3. The lowest BCUT2D eigenvalue weighted by molar-refractivity contribution is -0.141. The molecule has 0 spiro atoms. The third-order valence-corrected chi connectivity index (χ3v) is 5.03. The van der Waals surface area contributed by atoms with Crippen LogP contribution in [0.25, 0.3) is 10.2 Å². The highest BCUT2D eigenvalue weighted by molar-refractivity contribution is 7.18. The zero-order chi connectivity index (χ0) is 16.4. The number of benzene rings is 1. The molecule has 1 heterocycles. The number of thiazole rings is 1. The van der Waals surface area contributed by atoms with Gasteiger partial charge in [0.2, 0.25) is 5.91 Å². The number of hydrogen-bond acceptors (Lipinski definition) is 3. The number of rotatable bonds is 3. The van der Waals surface area contributed by atoms with Crippen LogP contribution >= 0.6 is 11.3 Å². The zero-order valence-corrected chi connectivity index (χ0v) is 13.0. The monoisotopic (exact) mass is 340 g/mol. The molecule has 1 aromatic heterocycles. The van der Waals surface area contributed by atoms with Crippen LogP contribution in [0.4, 0.5) is 13.2 Å². The van der Waals surface area contributed by atoms with Crippen molar-refractivity contribution >= 4 is 27.5 Å². The molecule has 1 amide bonds. The van der Waals surface area contributed by atoms with Crippen LogP contribution in [0.15, 0.2) is 36.4 Å². The van der Waals surface area contributed by atoms with Crippen LogP contribution in [0, 0.1) is 5.92 Å². The number of carbonyl (C=O) groups excluding carboxylic acids is 1. The van der Waals surface area contributed by atoms with Crippen molar-refractivity contribution in [3.63, 3.8) is 0 Å². The molecule has 0 fully saturated rings. The Labute approximate surface area is 135 Å². The smallest absolute Gasteiger partial charge is 0.347 e. The van der Waals surface area contributed by atoms with Crippen LogP contribution in [0.5, 0.6) is 0 Å². The van der Waals surface area contributed by atoms with Gasteiger partial charge in [0.15, 0.2) is 0 Å². The van der Waals surface area contributed by atoms with Crippen molar-refractivity contribution in [3.8, 4) is 0 Å². The summed E-state index contributed by atoms with van der Waals surface area (Å²) in [7, 11) is 0. The molecule has 0 saturated heterocycles. The quantitative estimate of drug-likeness (QED) is 0.858. The first-order valence-corrected chi connectivity index (χ1v) is 8.10. The Morgan fingerprint density at radius 1 is 1.26 bits per heavy atom. The van der Waals surface area contributed by atoms with Gasteiger partial charge < -0.3 is 5.32 Å². The van der Waals surface area contributed by atoms with Crippen molar-refractivity contribution < 1.29 is 18.0 Å². The third kappa shape index (κ3) is 3.72. The number of nitrogens with one attached hydrogen (secondary N) is 1. The summed E-state index contributed by atoms with van der Waals surface area (Å²) in [5.41, 5.74) is 0.858. The second-order valence-electron chi connectivity index (χ2n) is 5.51. The minimum absolute atomic E-state index is 0.175. The third-order valence-electron chi connectivity index (χ3n) is 3.86. The second-order valence-corrected chi connectivity index (χ2v) is 6.57.